The number of ether oxygens (including phenoxy) is 2. The summed E-state index contributed by atoms with van der Waals surface area (Å²) in [5, 5.41) is 5.23. The summed E-state index contributed by atoms with van der Waals surface area (Å²) in [4.78, 5) is 42.5. The minimum absolute atomic E-state index is 0.0336. The number of amides is 3. The molecule has 9 nitrogen and oxygen atoms in total. The highest BCUT2D eigenvalue weighted by atomic mass is 16.7. The zero-order chi connectivity index (χ0) is 20.9. The van der Waals surface area contributed by atoms with Crippen molar-refractivity contribution in [2.24, 2.45) is 5.92 Å². The van der Waals surface area contributed by atoms with Crippen LogP contribution in [0.4, 0.5) is 5.69 Å². The maximum absolute atomic E-state index is 12.5. The number of carbonyl (C=O) groups is 3. The van der Waals surface area contributed by atoms with Crippen molar-refractivity contribution in [1.82, 2.24) is 15.2 Å². The third-order valence-electron chi connectivity index (χ3n) is 5.20. The number of nitrogens with one attached hydrogen (secondary N) is 2. The highest BCUT2D eigenvalue weighted by Crippen LogP contribution is 2.34. The normalized spacial score (nSPS) is 15.5. The fraction of sp³-hybridized carbons (Fsp3) is 0.333. The molecule has 0 aliphatic carbocycles. The quantitative estimate of drug-likeness (QED) is 0.738. The van der Waals surface area contributed by atoms with Crippen LogP contribution in [0.3, 0.4) is 0 Å². The highest BCUT2D eigenvalue weighted by molar-refractivity contribution is 6.39. The van der Waals surface area contributed by atoms with E-state index in [4.69, 9.17) is 9.47 Å². The minimum atomic E-state index is -0.738. The van der Waals surface area contributed by atoms with Gasteiger partial charge in [-0.1, -0.05) is 0 Å². The molecule has 0 atom stereocenters. The van der Waals surface area contributed by atoms with Gasteiger partial charge in [0.15, 0.2) is 11.5 Å². The lowest BCUT2D eigenvalue weighted by atomic mass is 9.96. The zero-order valence-corrected chi connectivity index (χ0v) is 16.3. The Balaban J connectivity index is 1.21. The van der Waals surface area contributed by atoms with Gasteiger partial charge in [0.1, 0.15) is 0 Å². The van der Waals surface area contributed by atoms with E-state index in [9.17, 15) is 14.4 Å². The Morgan fingerprint density at radius 3 is 2.63 bits per heavy atom. The molecule has 1 aromatic carbocycles. The van der Waals surface area contributed by atoms with Gasteiger partial charge in [-0.05, 0) is 43.0 Å². The molecule has 9 heteroatoms. The molecule has 1 saturated heterocycles. The van der Waals surface area contributed by atoms with E-state index < -0.39 is 11.8 Å². The molecule has 2 aliphatic heterocycles. The lowest BCUT2D eigenvalue weighted by Crippen LogP contribution is -2.43. The summed E-state index contributed by atoms with van der Waals surface area (Å²) in [7, 11) is 0. The Morgan fingerprint density at radius 2 is 1.87 bits per heavy atom. The third-order valence-corrected chi connectivity index (χ3v) is 5.20. The van der Waals surface area contributed by atoms with Crippen LogP contribution in [0.5, 0.6) is 11.5 Å². The molecular weight excluding hydrogens is 388 g/mol. The number of anilines is 1. The van der Waals surface area contributed by atoms with Crippen molar-refractivity contribution in [2.45, 2.75) is 12.8 Å². The van der Waals surface area contributed by atoms with Crippen LogP contribution in [0.15, 0.2) is 42.7 Å². The molecule has 0 bridgehead atoms. The Labute approximate surface area is 173 Å². The van der Waals surface area contributed by atoms with Crippen molar-refractivity contribution in [3.63, 3.8) is 0 Å². The highest BCUT2D eigenvalue weighted by Gasteiger charge is 2.25. The fourth-order valence-electron chi connectivity index (χ4n) is 3.49. The molecule has 1 fully saturated rings. The average molecular weight is 410 g/mol. The van der Waals surface area contributed by atoms with Crippen LogP contribution in [0.25, 0.3) is 0 Å². The van der Waals surface area contributed by atoms with Gasteiger partial charge in [0.2, 0.25) is 6.79 Å². The van der Waals surface area contributed by atoms with Crippen molar-refractivity contribution in [3.05, 3.63) is 48.3 Å². The second-order valence-electron chi connectivity index (χ2n) is 7.21. The largest absolute Gasteiger partial charge is 0.454 e. The van der Waals surface area contributed by atoms with E-state index in [1.807, 2.05) is 0 Å². The van der Waals surface area contributed by atoms with Gasteiger partial charge in [-0.3, -0.25) is 19.4 Å². The van der Waals surface area contributed by atoms with Gasteiger partial charge in [-0.2, -0.15) is 0 Å². The van der Waals surface area contributed by atoms with E-state index in [1.165, 1.54) is 0 Å². The molecule has 0 spiro atoms. The molecule has 2 aromatic rings. The van der Waals surface area contributed by atoms with Gasteiger partial charge in [-0.15, -0.1) is 0 Å². The predicted octanol–water partition coefficient (Wildman–Crippen LogP) is 1.42. The third kappa shape index (κ3) is 4.51. The first-order chi connectivity index (χ1) is 14.6. The molecular formula is C21H22N4O5. The summed E-state index contributed by atoms with van der Waals surface area (Å²) < 4.78 is 10.5. The number of hydrogen-bond donors (Lipinski definition) is 2. The van der Waals surface area contributed by atoms with Crippen LogP contribution in [-0.2, 0) is 9.59 Å². The summed E-state index contributed by atoms with van der Waals surface area (Å²) in [6.07, 6.45) is 4.72. The van der Waals surface area contributed by atoms with Gasteiger partial charge < -0.3 is 25.0 Å². The molecule has 0 radical (unpaired) electrons. The van der Waals surface area contributed by atoms with E-state index in [0.717, 1.165) is 12.8 Å². The standard InChI is InChI=1S/C21H22N4O5/c26-19(20(27)24-16-3-4-17-18(10-16)30-13-29-17)23-11-14-5-8-25(9-6-14)21(28)15-2-1-7-22-12-15/h1-4,7,10,12,14H,5-6,8-9,11,13H2,(H,23,26)(H,24,27). The van der Waals surface area contributed by atoms with Crippen LogP contribution in [-0.4, -0.2) is 54.0 Å². The van der Waals surface area contributed by atoms with Gasteiger partial charge in [0.25, 0.3) is 5.91 Å². The first-order valence-electron chi connectivity index (χ1n) is 9.78. The molecule has 0 saturated carbocycles. The Kier molecular flexibility index (Phi) is 5.78. The minimum Gasteiger partial charge on any atom is -0.454 e. The number of carbonyl (C=O) groups excluding carboxylic acids is 3. The molecule has 1 aromatic heterocycles. The van der Waals surface area contributed by atoms with Crippen LogP contribution in [0, 0.1) is 5.92 Å². The molecule has 2 N–H and O–H groups in total. The zero-order valence-electron chi connectivity index (χ0n) is 16.3. The van der Waals surface area contributed by atoms with Crippen LogP contribution >= 0.6 is 0 Å². The first kappa shape index (κ1) is 19.7. The lowest BCUT2D eigenvalue weighted by molar-refractivity contribution is -0.136. The molecule has 3 amide bonds. The Bertz CT molecular complexity index is 942. The van der Waals surface area contributed by atoms with Crippen molar-refractivity contribution in [2.75, 3.05) is 31.7 Å². The number of benzene rings is 1. The summed E-state index contributed by atoms with van der Waals surface area (Å²) >= 11 is 0. The Hall–Kier alpha value is -3.62. The molecule has 156 valence electrons. The number of rotatable bonds is 4. The summed E-state index contributed by atoms with van der Waals surface area (Å²) in [6, 6.07) is 8.43. The maximum Gasteiger partial charge on any atom is 0.313 e. The smallest absolute Gasteiger partial charge is 0.313 e. The summed E-state index contributed by atoms with van der Waals surface area (Å²) in [5.74, 6) is -0.120. The van der Waals surface area contributed by atoms with Crippen molar-refractivity contribution in [3.8, 4) is 11.5 Å². The number of fused-ring (bicyclic) bond motifs is 1. The van der Waals surface area contributed by atoms with Gasteiger partial charge in [0, 0.05) is 43.8 Å². The van der Waals surface area contributed by atoms with Crippen molar-refractivity contribution >= 4 is 23.4 Å². The van der Waals surface area contributed by atoms with E-state index in [1.54, 1.807) is 47.6 Å². The van der Waals surface area contributed by atoms with Gasteiger partial charge >= 0.3 is 11.8 Å². The van der Waals surface area contributed by atoms with Crippen LogP contribution in [0.2, 0.25) is 0 Å². The number of pyridine rings is 1. The Morgan fingerprint density at radius 1 is 1.07 bits per heavy atom. The topological polar surface area (TPSA) is 110 Å². The molecule has 4 rings (SSSR count). The second kappa shape index (κ2) is 8.81. The summed E-state index contributed by atoms with van der Waals surface area (Å²) in [5.41, 5.74) is 1.03. The predicted molar refractivity (Wildman–Crippen MR) is 107 cm³/mol. The SMILES string of the molecule is O=C(NCC1CCN(C(=O)c2cccnc2)CC1)C(=O)Nc1ccc2c(c1)OCO2. The molecule has 30 heavy (non-hydrogen) atoms. The van der Waals surface area contributed by atoms with Crippen molar-refractivity contribution in [1.29, 1.82) is 0 Å². The number of likely N-dealkylation sites (tertiary alicyclic amines) is 1. The molecule has 0 unspecified atom stereocenters. The lowest BCUT2D eigenvalue weighted by Gasteiger charge is -2.32. The van der Waals surface area contributed by atoms with E-state index in [-0.39, 0.29) is 18.6 Å². The molecule has 3 heterocycles. The average Bonchev–Trinajstić information content (AvgIpc) is 3.26. The van der Waals surface area contributed by atoms with E-state index >= 15 is 0 Å². The molecule has 2 aliphatic rings. The maximum atomic E-state index is 12.5. The van der Waals surface area contributed by atoms with E-state index in [2.05, 4.69) is 15.6 Å². The number of nitrogens with zero attached hydrogens (tertiary/aromatic N) is 2. The summed E-state index contributed by atoms with van der Waals surface area (Å²) in [6.45, 7) is 1.75. The fourth-order valence-corrected chi connectivity index (χ4v) is 3.49. The van der Waals surface area contributed by atoms with Crippen molar-refractivity contribution < 1.29 is 23.9 Å². The second-order valence-corrected chi connectivity index (χ2v) is 7.21. The number of piperidine rings is 1. The van der Waals surface area contributed by atoms with Crippen LogP contribution in [0.1, 0.15) is 23.2 Å². The number of hydrogen-bond acceptors (Lipinski definition) is 6. The first-order valence-corrected chi connectivity index (χ1v) is 9.78. The van der Waals surface area contributed by atoms with Gasteiger partial charge in [0.05, 0.1) is 5.56 Å². The van der Waals surface area contributed by atoms with Gasteiger partial charge in [-0.25, -0.2) is 0 Å². The number of aromatic nitrogens is 1. The van der Waals surface area contributed by atoms with E-state index in [0.29, 0.717) is 42.4 Å². The monoisotopic (exact) mass is 410 g/mol. The van der Waals surface area contributed by atoms with Crippen LogP contribution < -0.4 is 20.1 Å².